The van der Waals surface area contributed by atoms with Crippen molar-refractivity contribution in [3.63, 3.8) is 0 Å². The minimum Gasteiger partial charge on any atom is -0.322 e. The lowest BCUT2D eigenvalue weighted by Gasteiger charge is -2.19. The molecule has 1 heterocycles. The molecule has 2 fully saturated rings. The first-order valence-corrected chi connectivity index (χ1v) is 11.2. The molecule has 0 aromatic heterocycles. The molecule has 148 valence electrons. The lowest BCUT2D eigenvalue weighted by atomic mass is 10.1. The molecule has 0 spiro atoms. The average molecular weight is 443 g/mol. The van der Waals surface area contributed by atoms with Crippen LogP contribution in [0.4, 0.5) is 15.8 Å². The topological polar surface area (TPSA) is 66.5 Å². The summed E-state index contributed by atoms with van der Waals surface area (Å²) >= 11 is 12.1. The summed E-state index contributed by atoms with van der Waals surface area (Å²) in [6.07, 6.45) is 2.61. The molecular weight excluding hydrogens is 426 g/mol. The van der Waals surface area contributed by atoms with Crippen LogP contribution in [0.1, 0.15) is 41.1 Å². The summed E-state index contributed by atoms with van der Waals surface area (Å²) in [7, 11) is -3.51. The van der Waals surface area contributed by atoms with E-state index in [-0.39, 0.29) is 28.6 Å². The van der Waals surface area contributed by atoms with Gasteiger partial charge in [-0.05, 0) is 61.1 Å². The van der Waals surface area contributed by atoms with Gasteiger partial charge in [0.25, 0.3) is 5.91 Å². The Bertz CT molecular complexity index is 1070. The molecule has 0 unspecified atom stereocenters. The number of amides is 1. The lowest BCUT2D eigenvalue weighted by molar-refractivity contribution is 0.102. The maximum atomic E-state index is 14.3. The molecule has 5 nitrogen and oxygen atoms in total. The Kier molecular flexibility index (Phi) is 5.02. The van der Waals surface area contributed by atoms with Gasteiger partial charge in [0.15, 0.2) is 0 Å². The third-order valence-electron chi connectivity index (χ3n) is 4.87. The molecule has 28 heavy (non-hydrogen) atoms. The highest BCUT2D eigenvalue weighted by Gasteiger charge is 2.30. The van der Waals surface area contributed by atoms with Crippen molar-refractivity contribution < 1.29 is 17.6 Å². The van der Waals surface area contributed by atoms with Crippen molar-refractivity contribution in [3.8, 4) is 0 Å². The van der Waals surface area contributed by atoms with Crippen molar-refractivity contribution in [2.24, 2.45) is 0 Å². The molecule has 1 aliphatic carbocycles. The summed E-state index contributed by atoms with van der Waals surface area (Å²) in [4.78, 5) is 12.8. The second-order valence-electron chi connectivity index (χ2n) is 7.03. The Labute approximate surface area is 172 Å². The monoisotopic (exact) mass is 442 g/mol. The normalized spacial score (nSPS) is 18.3. The van der Waals surface area contributed by atoms with Crippen LogP contribution < -0.4 is 9.62 Å². The Hall–Kier alpha value is -1.83. The fourth-order valence-electron chi connectivity index (χ4n) is 3.35. The van der Waals surface area contributed by atoms with Crippen molar-refractivity contribution in [2.45, 2.75) is 25.2 Å². The maximum absolute atomic E-state index is 14.3. The van der Waals surface area contributed by atoms with Crippen LogP contribution in [-0.4, -0.2) is 26.6 Å². The number of nitrogens with zero attached hydrogens (tertiary/aromatic N) is 1. The van der Waals surface area contributed by atoms with Crippen molar-refractivity contribution in [3.05, 3.63) is 57.3 Å². The number of carbonyl (C=O) groups is 1. The van der Waals surface area contributed by atoms with E-state index in [9.17, 15) is 17.6 Å². The van der Waals surface area contributed by atoms with E-state index in [1.165, 1.54) is 6.07 Å². The summed E-state index contributed by atoms with van der Waals surface area (Å²) < 4.78 is 39.7. The molecule has 0 radical (unpaired) electrons. The van der Waals surface area contributed by atoms with Crippen LogP contribution in [0.25, 0.3) is 0 Å². The van der Waals surface area contributed by atoms with Crippen LogP contribution in [-0.2, 0) is 10.0 Å². The number of hydrogen-bond acceptors (Lipinski definition) is 3. The van der Waals surface area contributed by atoms with Gasteiger partial charge in [0, 0.05) is 17.3 Å². The van der Waals surface area contributed by atoms with E-state index in [0.29, 0.717) is 23.0 Å². The zero-order valence-corrected chi connectivity index (χ0v) is 17.0. The van der Waals surface area contributed by atoms with E-state index in [1.54, 1.807) is 6.07 Å². The molecular formula is C19H17Cl2FN2O3S. The molecule has 1 saturated heterocycles. The van der Waals surface area contributed by atoms with Crippen molar-refractivity contribution in [1.82, 2.24) is 0 Å². The van der Waals surface area contributed by atoms with Gasteiger partial charge in [-0.1, -0.05) is 23.2 Å². The molecule has 0 atom stereocenters. The van der Waals surface area contributed by atoms with E-state index < -0.39 is 21.7 Å². The van der Waals surface area contributed by atoms with Gasteiger partial charge in [-0.25, -0.2) is 12.8 Å². The van der Waals surface area contributed by atoms with Crippen LogP contribution >= 0.6 is 23.2 Å². The maximum Gasteiger partial charge on any atom is 0.257 e. The summed E-state index contributed by atoms with van der Waals surface area (Å²) in [6, 6.07) is 7.63. The van der Waals surface area contributed by atoms with E-state index >= 15 is 0 Å². The predicted molar refractivity (Wildman–Crippen MR) is 109 cm³/mol. The smallest absolute Gasteiger partial charge is 0.257 e. The standard InChI is InChI=1S/C19H17Cl2FN2O3S/c20-13-6-12(11-2-3-11)7-14(8-13)23-19(25)16-9-15(10-17(22)18(16)21)24-4-1-5-28(24,26)27/h6-11H,1-5H2,(H,23,25). The minimum atomic E-state index is -3.51. The second-order valence-corrected chi connectivity index (χ2v) is 9.86. The molecule has 1 N–H and O–H groups in total. The first kappa shape index (κ1) is 19.5. The Morgan fingerprint density at radius 2 is 1.89 bits per heavy atom. The van der Waals surface area contributed by atoms with Gasteiger partial charge in [-0.3, -0.25) is 9.10 Å². The van der Waals surface area contributed by atoms with Gasteiger partial charge in [-0.2, -0.15) is 0 Å². The van der Waals surface area contributed by atoms with Crippen LogP contribution in [0, 0.1) is 5.82 Å². The summed E-state index contributed by atoms with van der Waals surface area (Å²) in [5, 5.41) is 2.82. The van der Waals surface area contributed by atoms with Gasteiger partial charge in [-0.15, -0.1) is 0 Å². The second kappa shape index (κ2) is 7.21. The molecule has 4 rings (SSSR count). The molecule has 1 saturated carbocycles. The van der Waals surface area contributed by atoms with Crippen molar-refractivity contribution in [1.29, 1.82) is 0 Å². The van der Waals surface area contributed by atoms with Gasteiger partial charge >= 0.3 is 0 Å². The summed E-state index contributed by atoms with van der Waals surface area (Å²) in [5.41, 5.74) is 1.48. The molecule has 2 aromatic rings. The molecule has 2 aliphatic rings. The molecule has 1 amide bonds. The van der Waals surface area contributed by atoms with Crippen LogP contribution in [0.2, 0.25) is 10.0 Å². The van der Waals surface area contributed by atoms with Crippen LogP contribution in [0.15, 0.2) is 30.3 Å². The fraction of sp³-hybridized carbons (Fsp3) is 0.316. The number of benzene rings is 2. The number of rotatable bonds is 4. The number of hydrogen-bond donors (Lipinski definition) is 1. The zero-order chi connectivity index (χ0) is 20.1. The van der Waals surface area contributed by atoms with E-state index in [0.717, 1.165) is 28.8 Å². The largest absolute Gasteiger partial charge is 0.322 e. The third-order valence-corrected chi connectivity index (χ3v) is 7.34. The predicted octanol–water partition coefficient (Wildman–Crippen LogP) is 4.80. The number of halogens is 3. The highest BCUT2D eigenvalue weighted by molar-refractivity contribution is 7.93. The van der Waals surface area contributed by atoms with Crippen LogP contribution in [0.3, 0.4) is 0 Å². The lowest BCUT2D eigenvalue weighted by Crippen LogP contribution is -2.26. The number of anilines is 2. The van der Waals surface area contributed by atoms with Gasteiger partial charge < -0.3 is 5.32 Å². The first-order chi connectivity index (χ1) is 13.2. The van der Waals surface area contributed by atoms with E-state index in [1.807, 2.05) is 12.1 Å². The SMILES string of the molecule is O=C(Nc1cc(Cl)cc(C2CC2)c1)c1cc(N2CCCS2(=O)=O)cc(F)c1Cl. The molecule has 9 heteroatoms. The number of sulfonamides is 1. The molecule has 2 aromatic carbocycles. The average Bonchev–Trinajstić information content (AvgIpc) is 3.40. The highest BCUT2D eigenvalue weighted by atomic mass is 35.5. The number of nitrogens with one attached hydrogen (secondary N) is 1. The first-order valence-electron chi connectivity index (χ1n) is 8.86. The Balaban J connectivity index is 1.66. The summed E-state index contributed by atoms with van der Waals surface area (Å²) in [5.74, 6) is -1.05. The minimum absolute atomic E-state index is 0.00870. The van der Waals surface area contributed by atoms with Crippen molar-refractivity contribution >= 4 is 50.5 Å². The van der Waals surface area contributed by atoms with E-state index in [4.69, 9.17) is 23.2 Å². The van der Waals surface area contributed by atoms with Gasteiger partial charge in [0.1, 0.15) is 5.82 Å². The quantitative estimate of drug-likeness (QED) is 0.738. The Morgan fingerprint density at radius 3 is 2.54 bits per heavy atom. The zero-order valence-electron chi connectivity index (χ0n) is 14.7. The molecule has 0 bridgehead atoms. The fourth-order valence-corrected chi connectivity index (χ4v) is 5.34. The van der Waals surface area contributed by atoms with Gasteiger partial charge in [0.05, 0.1) is 22.0 Å². The highest BCUT2D eigenvalue weighted by Crippen LogP contribution is 2.42. The third kappa shape index (κ3) is 3.83. The van der Waals surface area contributed by atoms with Gasteiger partial charge in [0.2, 0.25) is 10.0 Å². The van der Waals surface area contributed by atoms with Crippen LogP contribution in [0.5, 0.6) is 0 Å². The Morgan fingerprint density at radius 1 is 1.14 bits per heavy atom. The van der Waals surface area contributed by atoms with Crippen molar-refractivity contribution in [2.75, 3.05) is 21.9 Å². The molecule has 1 aliphatic heterocycles. The summed E-state index contributed by atoms with van der Waals surface area (Å²) in [6.45, 7) is 0.240. The van der Waals surface area contributed by atoms with E-state index in [2.05, 4.69) is 5.32 Å². The number of carbonyl (C=O) groups excluding carboxylic acids is 1.